The van der Waals surface area contributed by atoms with Gasteiger partial charge in [-0.3, -0.25) is 4.79 Å². The minimum atomic E-state index is -1.05. The van der Waals surface area contributed by atoms with Crippen molar-refractivity contribution < 1.29 is 29.0 Å². The number of carboxylic acids is 1. The Morgan fingerprint density at radius 3 is 2.14 bits per heavy atom. The summed E-state index contributed by atoms with van der Waals surface area (Å²) in [6, 6.07) is 15.9. The highest BCUT2D eigenvalue weighted by molar-refractivity contribution is 5.81. The summed E-state index contributed by atoms with van der Waals surface area (Å²) in [4.78, 5) is 36.4. The number of alkyl carbamates (subject to hydrolysis) is 1. The SMILES string of the molecule is O=C(NC1CCC(C(=O)NC2CCOC2C(=O)O)CC1)OCC1c2ccccc2-c2ccccc21. The van der Waals surface area contributed by atoms with Crippen molar-refractivity contribution in [3.8, 4) is 11.1 Å². The van der Waals surface area contributed by atoms with Crippen molar-refractivity contribution in [2.75, 3.05) is 13.2 Å². The largest absolute Gasteiger partial charge is 0.479 e. The fourth-order valence-corrected chi connectivity index (χ4v) is 5.59. The standard InChI is InChI=1S/C27H30N2O6/c30-25(29-23-13-14-34-24(23)26(31)32)16-9-11-17(12-10-16)28-27(33)35-15-22-20-7-3-1-5-18(20)19-6-2-4-8-21(19)22/h1-8,16-17,22-24H,9-15H2,(H,28,33)(H,29,30)(H,31,32). The highest BCUT2D eigenvalue weighted by Gasteiger charge is 2.37. The molecule has 2 aliphatic carbocycles. The van der Waals surface area contributed by atoms with Gasteiger partial charge in [-0.2, -0.15) is 0 Å². The Morgan fingerprint density at radius 1 is 0.886 bits per heavy atom. The maximum Gasteiger partial charge on any atom is 0.407 e. The van der Waals surface area contributed by atoms with Crippen molar-refractivity contribution in [2.24, 2.45) is 5.92 Å². The predicted octanol–water partition coefficient (Wildman–Crippen LogP) is 3.44. The normalized spacial score (nSPS) is 25.4. The number of aliphatic carboxylic acids is 1. The molecule has 0 aromatic heterocycles. The minimum Gasteiger partial charge on any atom is -0.479 e. The van der Waals surface area contributed by atoms with Crippen molar-refractivity contribution in [3.63, 3.8) is 0 Å². The van der Waals surface area contributed by atoms with Gasteiger partial charge in [0.15, 0.2) is 6.10 Å². The van der Waals surface area contributed by atoms with Gasteiger partial charge in [-0.25, -0.2) is 9.59 Å². The van der Waals surface area contributed by atoms with Crippen LogP contribution in [0.4, 0.5) is 4.79 Å². The molecule has 8 heteroatoms. The highest BCUT2D eigenvalue weighted by Crippen LogP contribution is 2.44. The van der Waals surface area contributed by atoms with Crippen molar-refractivity contribution in [1.82, 2.24) is 10.6 Å². The number of nitrogens with one attached hydrogen (secondary N) is 2. The van der Waals surface area contributed by atoms with Crippen LogP contribution < -0.4 is 10.6 Å². The number of ether oxygens (including phenoxy) is 2. The Hall–Kier alpha value is -3.39. The average molecular weight is 479 g/mol. The lowest BCUT2D eigenvalue weighted by Crippen LogP contribution is -2.47. The quantitative estimate of drug-likeness (QED) is 0.586. The van der Waals surface area contributed by atoms with Gasteiger partial charge in [0.05, 0.1) is 6.04 Å². The third-order valence-electron chi connectivity index (χ3n) is 7.43. The molecule has 1 heterocycles. The van der Waals surface area contributed by atoms with Crippen molar-refractivity contribution in [1.29, 1.82) is 0 Å². The molecule has 1 aliphatic heterocycles. The van der Waals surface area contributed by atoms with E-state index in [2.05, 4.69) is 34.9 Å². The van der Waals surface area contributed by atoms with Crippen LogP contribution in [0.2, 0.25) is 0 Å². The zero-order valence-electron chi connectivity index (χ0n) is 19.4. The molecule has 1 saturated heterocycles. The highest BCUT2D eigenvalue weighted by atomic mass is 16.5. The Labute approximate surface area is 204 Å². The van der Waals surface area contributed by atoms with Crippen LogP contribution >= 0.6 is 0 Å². The molecular weight excluding hydrogens is 448 g/mol. The molecule has 2 fully saturated rings. The molecule has 2 aromatic rings. The summed E-state index contributed by atoms with van der Waals surface area (Å²) in [6.45, 7) is 0.602. The molecule has 35 heavy (non-hydrogen) atoms. The second-order valence-electron chi connectivity index (χ2n) is 9.55. The lowest BCUT2D eigenvalue weighted by molar-refractivity contribution is -0.148. The topological polar surface area (TPSA) is 114 Å². The zero-order chi connectivity index (χ0) is 24.4. The predicted molar refractivity (Wildman–Crippen MR) is 128 cm³/mol. The van der Waals surface area contributed by atoms with Gasteiger partial charge in [0, 0.05) is 24.5 Å². The lowest BCUT2D eigenvalue weighted by atomic mass is 9.85. The van der Waals surface area contributed by atoms with Gasteiger partial charge in [-0.05, 0) is 54.4 Å². The van der Waals surface area contributed by atoms with Crippen molar-refractivity contribution in [2.45, 2.75) is 56.2 Å². The van der Waals surface area contributed by atoms with E-state index in [9.17, 15) is 19.5 Å². The van der Waals surface area contributed by atoms with E-state index < -0.39 is 24.2 Å². The molecule has 5 rings (SSSR count). The molecule has 8 nitrogen and oxygen atoms in total. The van der Waals surface area contributed by atoms with Crippen LogP contribution in [0.25, 0.3) is 11.1 Å². The number of carbonyl (C=O) groups excluding carboxylic acids is 2. The molecule has 1 saturated carbocycles. The molecule has 0 spiro atoms. The van der Waals surface area contributed by atoms with E-state index in [0.717, 1.165) is 0 Å². The van der Waals surface area contributed by atoms with E-state index in [-0.39, 0.29) is 30.4 Å². The first-order chi connectivity index (χ1) is 17.0. The second-order valence-corrected chi connectivity index (χ2v) is 9.55. The molecule has 3 N–H and O–H groups in total. The summed E-state index contributed by atoms with van der Waals surface area (Å²) in [6.07, 6.45) is 1.69. The maximum absolute atomic E-state index is 12.6. The number of hydrogen-bond donors (Lipinski definition) is 3. The van der Waals surface area contributed by atoms with Crippen LogP contribution in [0.5, 0.6) is 0 Å². The van der Waals surface area contributed by atoms with Gasteiger partial charge in [0.25, 0.3) is 0 Å². The van der Waals surface area contributed by atoms with Gasteiger partial charge >= 0.3 is 12.1 Å². The first kappa shape index (κ1) is 23.4. The van der Waals surface area contributed by atoms with Gasteiger partial charge in [0.2, 0.25) is 5.91 Å². The van der Waals surface area contributed by atoms with E-state index in [4.69, 9.17) is 9.47 Å². The summed E-state index contributed by atoms with van der Waals surface area (Å²) in [7, 11) is 0. The first-order valence-corrected chi connectivity index (χ1v) is 12.3. The van der Waals surface area contributed by atoms with Gasteiger partial charge in [0.1, 0.15) is 6.61 Å². The van der Waals surface area contributed by atoms with E-state index in [1.807, 2.05) is 24.3 Å². The molecule has 0 radical (unpaired) electrons. The fraction of sp³-hybridized carbons (Fsp3) is 0.444. The van der Waals surface area contributed by atoms with Crippen LogP contribution in [-0.2, 0) is 19.1 Å². The Bertz CT molecular complexity index is 1060. The zero-order valence-corrected chi connectivity index (χ0v) is 19.4. The van der Waals surface area contributed by atoms with Crippen LogP contribution in [0.1, 0.15) is 49.1 Å². The Morgan fingerprint density at radius 2 is 1.51 bits per heavy atom. The molecular formula is C27H30N2O6. The summed E-state index contributed by atoms with van der Waals surface area (Å²) < 4.78 is 10.8. The van der Waals surface area contributed by atoms with Gasteiger partial charge < -0.3 is 25.2 Å². The van der Waals surface area contributed by atoms with Crippen molar-refractivity contribution in [3.05, 3.63) is 59.7 Å². The molecule has 2 unspecified atom stereocenters. The number of fused-ring (bicyclic) bond motifs is 3. The van der Waals surface area contributed by atoms with E-state index >= 15 is 0 Å². The number of hydrogen-bond acceptors (Lipinski definition) is 5. The number of carboxylic acid groups (broad SMARTS) is 1. The lowest BCUT2D eigenvalue weighted by Gasteiger charge is -2.29. The number of rotatable bonds is 6. The van der Waals surface area contributed by atoms with E-state index in [1.165, 1.54) is 22.3 Å². The molecule has 2 amide bonds. The van der Waals surface area contributed by atoms with Crippen molar-refractivity contribution >= 4 is 18.0 Å². The van der Waals surface area contributed by atoms with E-state index in [0.29, 0.717) is 38.7 Å². The minimum absolute atomic E-state index is 0.0155. The molecule has 2 aromatic carbocycles. The molecule has 184 valence electrons. The van der Waals surface area contributed by atoms with Crippen LogP contribution in [0.15, 0.2) is 48.5 Å². The van der Waals surface area contributed by atoms with Crippen LogP contribution in [-0.4, -0.2) is 54.5 Å². The Kier molecular flexibility index (Phi) is 6.72. The average Bonchev–Trinajstić information content (AvgIpc) is 3.46. The maximum atomic E-state index is 12.6. The number of amides is 2. The van der Waals surface area contributed by atoms with E-state index in [1.54, 1.807) is 0 Å². The molecule has 0 bridgehead atoms. The first-order valence-electron chi connectivity index (χ1n) is 12.3. The summed E-state index contributed by atoms with van der Waals surface area (Å²) >= 11 is 0. The second kappa shape index (κ2) is 10.1. The third kappa shape index (κ3) is 4.89. The molecule has 2 atom stereocenters. The summed E-state index contributed by atoms with van der Waals surface area (Å²) in [5.74, 6) is -1.36. The third-order valence-corrected chi connectivity index (χ3v) is 7.43. The van der Waals surface area contributed by atoms with Gasteiger partial charge in [-0.1, -0.05) is 48.5 Å². The number of benzene rings is 2. The number of carbonyl (C=O) groups is 3. The van der Waals surface area contributed by atoms with Crippen LogP contribution in [0.3, 0.4) is 0 Å². The smallest absolute Gasteiger partial charge is 0.407 e. The molecule has 3 aliphatic rings. The fourth-order valence-electron chi connectivity index (χ4n) is 5.59. The Balaban J connectivity index is 1.09. The summed E-state index contributed by atoms with van der Waals surface area (Å²) in [5.41, 5.74) is 4.72. The summed E-state index contributed by atoms with van der Waals surface area (Å²) in [5, 5.41) is 15.0. The van der Waals surface area contributed by atoms with Gasteiger partial charge in [-0.15, -0.1) is 0 Å². The van der Waals surface area contributed by atoms with Crippen LogP contribution in [0, 0.1) is 5.92 Å². The monoisotopic (exact) mass is 478 g/mol.